The van der Waals surface area contributed by atoms with E-state index in [0.717, 1.165) is 5.25 Å². The van der Waals surface area contributed by atoms with E-state index < -0.39 is 0 Å². The minimum absolute atomic E-state index is 0.673. The molecular weight excluding hydrogens is 250 g/mol. The zero-order valence-corrected chi connectivity index (χ0v) is 13.4. The van der Waals surface area contributed by atoms with E-state index >= 15 is 0 Å². The molecule has 1 aromatic rings. The minimum Gasteiger partial charge on any atom is -0.316 e. The molecule has 0 amide bonds. The number of hydrogen-bond acceptors (Lipinski definition) is 2. The molecule has 2 unspecified atom stereocenters. The van der Waals surface area contributed by atoms with Crippen molar-refractivity contribution in [1.29, 1.82) is 0 Å². The van der Waals surface area contributed by atoms with Crippen LogP contribution in [0.4, 0.5) is 0 Å². The molecule has 1 aliphatic carbocycles. The van der Waals surface area contributed by atoms with Gasteiger partial charge in [0.1, 0.15) is 0 Å². The lowest BCUT2D eigenvalue weighted by atomic mass is 9.96. The second-order valence-corrected chi connectivity index (χ2v) is 7.10. The van der Waals surface area contributed by atoms with Crippen molar-refractivity contribution >= 4 is 11.8 Å². The number of hydrogen-bond donors (Lipinski definition) is 1. The maximum atomic E-state index is 3.55. The molecule has 106 valence electrons. The van der Waals surface area contributed by atoms with Gasteiger partial charge in [0.2, 0.25) is 0 Å². The average Bonchev–Trinajstić information content (AvgIpc) is 2.37. The summed E-state index contributed by atoms with van der Waals surface area (Å²) < 4.78 is 0. The van der Waals surface area contributed by atoms with Crippen LogP contribution >= 0.6 is 11.8 Å². The van der Waals surface area contributed by atoms with Gasteiger partial charge in [-0.25, -0.2) is 0 Å². The Bertz CT molecular complexity index is 402. The van der Waals surface area contributed by atoms with Gasteiger partial charge in [-0.1, -0.05) is 31.7 Å². The summed E-state index contributed by atoms with van der Waals surface area (Å²) in [5.41, 5.74) is 2.81. The average molecular weight is 277 g/mol. The van der Waals surface area contributed by atoms with Crippen LogP contribution in [-0.2, 0) is 0 Å². The van der Waals surface area contributed by atoms with Crippen molar-refractivity contribution in [3.8, 4) is 0 Å². The number of rotatable bonds is 3. The van der Waals surface area contributed by atoms with Crippen LogP contribution < -0.4 is 5.32 Å². The molecule has 1 aliphatic rings. The minimum atomic E-state index is 0.673. The summed E-state index contributed by atoms with van der Waals surface area (Å²) in [6.07, 6.45) is 8.29. The fourth-order valence-electron chi connectivity index (χ4n) is 2.88. The van der Waals surface area contributed by atoms with E-state index in [1.165, 1.54) is 54.5 Å². The quantitative estimate of drug-likeness (QED) is 0.859. The third kappa shape index (κ3) is 4.25. The normalized spacial score (nSPS) is 24.8. The van der Waals surface area contributed by atoms with Gasteiger partial charge in [0.05, 0.1) is 0 Å². The van der Waals surface area contributed by atoms with Crippen molar-refractivity contribution in [3.05, 3.63) is 29.3 Å². The topological polar surface area (TPSA) is 12.0 Å². The SMILES string of the molecule is CNC1CCCCCCC1Sc1ccc(C)c(C)c1. The second-order valence-electron chi connectivity index (χ2n) is 5.79. The lowest BCUT2D eigenvalue weighted by Crippen LogP contribution is -2.36. The number of aryl methyl sites for hydroxylation is 2. The molecule has 1 N–H and O–H groups in total. The van der Waals surface area contributed by atoms with Crippen molar-refractivity contribution in [2.45, 2.75) is 68.6 Å². The van der Waals surface area contributed by atoms with Crippen molar-refractivity contribution in [1.82, 2.24) is 5.32 Å². The number of nitrogens with one attached hydrogen (secondary N) is 1. The van der Waals surface area contributed by atoms with Crippen LogP contribution in [0, 0.1) is 13.8 Å². The summed E-state index contributed by atoms with van der Waals surface area (Å²) in [6, 6.07) is 7.57. The van der Waals surface area contributed by atoms with Gasteiger partial charge in [-0.15, -0.1) is 11.8 Å². The van der Waals surface area contributed by atoms with Gasteiger partial charge in [-0.3, -0.25) is 0 Å². The predicted molar refractivity (Wildman–Crippen MR) is 86.1 cm³/mol. The first-order valence-corrected chi connectivity index (χ1v) is 8.50. The lowest BCUT2D eigenvalue weighted by Gasteiger charge is -2.28. The summed E-state index contributed by atoms with van der Waals surface area (Å²) in [7, 11) is 2.13. The first kappa shape index (κ1) is 14.9. The van der Waals surface area contributed by atoms with Crippen LogP contribution in [0.25, 0.3) is 0 Å². The molecule has 2 atom stereocenters. The summed E-state index contributed by atoms with van der Waals surface area (Å²) in [5, 5.41) is 4.28. The lowest BCUT2D eigenvalue weighted by molar-refractivity contribution is 0.420. The Kier molecular flexibility index (Phi) is 5.77. The Balaban J connectivity index is 2.06. The highest BCUT2D eigenvalue weighted by Gasteiger charge is 2.22. The molecule has 1 fully saturated rings. The van der Waals surface area contributed by atoms with E-state index in [-0.39, 0.29) is 0 Å². The van der Waals surface area contributed by atoms with Crippen LogP contribution in [0.1, 0.15) is 49.7 Å². The molecule has 1 nitrogen and oxygen atoms in total. The molecule has 0 bridgehead atoms. The molecule has 2 rings (SSSR count). The van der Waals surface area contributed by atoms with E-state index in [1.807, 2.05) is 0 Å². The number of thioether (sulfide) groups is 1. The largest absolute Gasteiger partial charge is 0.316 e. The van der Waals surface area contributed by atoms with E-state index in [4.69, 9.17) is 0 Å². The highest BCUT2D eigenvalue weighted by molar-refractivity contribution is 8.00. The van der Waals surface area contributed by atoms with E-state index in [9.17, 15) is 0 Å². The first-order chi connectivity index (χ1) is 9.20. The van der Waals surface area contributed by atoms with Crippen molar-refractivity contribution in [2.75, 3.05) is 7.05 Å². The van der Waals surface area contributed by atoms with E-state index in [0.29, 0.717) is 6.04 Å². The Labute approximate surface area is 122 Å². The molecular formula is C17H27NS. The zero-order chi connectivity index (χ0) is 13.7. The molecule has 0 radical (unpaired) electrons. The van der Waals surface area contributed by atoms with Crippen LogP contribution in [0.5, 0.6) is 0 Å². The maximum absolute atomic E-state index is 3.55. The molecule has 0 saturated heterocycles. The second kappa shape index (κ2) is 7.35. The molecule has 0 spiro atoms. The standard InChI is InChI=1S/C17H27NS/c1-13-10-11-15(12-14(13)2)19-17-9-7-5-4-6-8-16(17)18-3/h10-12,16-18H,4-9H2,1-3H3. The highest BCUT2D eigenvalue weighted by Crippen LogP contribution is 2.33. The third-order valence-corrected chi connectivity index (χ3v) is 5.73. The molecule has 19 heavy (non-hydrogen) atoms. The van der Waals surface area contributed by atoms with Gasteiger partial charge >= 0.3 is 0 Å². The van der Waals surface area contributed by atoms with Gasteiger partial charge in [0, 0.05) is 16.2 Å². The maximum Gasteiger partial charge on any atom is 0.0248 e. The molecule has 2 heteroatoms. The van der Waals surface area contributed by atoms with Gasteiger partial charge in [-0.05, 0) is 57.0 Å². The van der Waals surface area contributed by atoms with Crippen LogP contribution in [0.15, 0.2) is 23.1 Å². The monoisotopic (exact) mass is 277 g/mol. The van der Waals surface area contributed by atoms with Crippen molar-refractivity contribution in [3.63, 3.8) is 0 Å². The van der Waals surface area contributed by atoms with E-state index in [2.05, 4.69) is 56.2 Å². The Morgan fingerprint density at radius 1 is 1.00 bits per heavy atom. The Morgan fingerprint density at radius 3 is 2.42 bits per heavy atom. The Morgan fingerprint density at radius 2 is 1.74 bits per heavy atom. The van der Waals surface area contributed by atoms with E-state index in [1.54, 1.807) is 0 Å². The fourth-order valence-corrected chi connectivity index (χ4v) is 4.35. The fraction of sp³-hybridized carbons (Fsp3) is 0.647. The van der Waals surface area contributed by atoms with Crippen molar-refractivity contribution in [2.24, 2.45) is 0 Å². The Hall–Kier alpha value is -0.470. The molecule has 1 aromatic carbocycles. The summed E-state index contributed by atoms with van der Waals surface area (Å²) >= 11 is 2.08. The molecule has 0 aliphatic heterocycles. The third-order valence-electron chi connectivity index (χ3n) is 4.34. The van der Waals surface area contributed by atoms with Crippen LogP contribution in [-0.4, -0.2) is 18.3 Å². The van der Waals surface area contributed by atoms with Gasteiger partial charge in [-0.2, -0.15) is 0 Å². The van der Waals surface area contributed by atoms with Crippen molar-refractivity contribution < 1.29 is 0 Å². The summed E-state index contributed by atoms with van der Waals surface area (Å²) in [6.45, 7) is 4.41. The van der Waals surface area contributed by atoms with Crippen LogP contribution in [0.2, 0.25) is 0 Å². The first-order valence-electron chi connectivity index (χ1n) is 7.62. The molecule has 1 saturated carbocycles. The van der Waals surface area contributed by atoms with Gasteiger partial charge < -0.3 is 5.32 Å². The summed E-state index contributed by atoms with van der Waals surface area (Å²) in [5.74, 6) is 0. The highest BCUT2D eigenvalue weighted by atomic mass is 32.2. The molecule has 0 heterocycles. The smallest absolute Gasteiger partial charge is 0.0248 e. The molecule has 0 aromatic heterocycles. The van der Waals surface area contributed by atoms with Gasteiger partial charge in [0.15, 0.2) is 0 Å². The van der Waals surface area contributed by atoms with Crippen LogP contribution in [0.3, 0.4) is 0 Å². The zero-order valence-electron chi connectivity index (χ0n) is 12.5. The number of benzene rings is 1. The predicted octanol–water partition coefficient (Wildman–Crippen LogP) is 4.71. The van der Waals surface area contributed by atoms with Gasteiger partial charge in [0.25, 0.3) is 0 Å². The summed E-state index contributed by atoms with van der Waals surface area (Å²) in [4.78, 5) is 1.44.